The molecule has 0 saturated carbocycles. The van der Waals surface area contributed by atoms with Crippen molar-refractivity contribution in [1.82, 2.24) is 5.32 Å². The Labute approximate surface area is 121 Å². The minimum Gasteiger partial charge on any atom is -0.497 e. The summed E-state index contributed by atoms with van der Waals surface area (Å²) in [6.07, 6.45) is 1.08. The zero-order chi connectivity index (χ0) is 14.5. The van der Waals surface area contributed by atoms with Crippen molar-refractivity contribution in [2.24, 2.45) is 0 Å². The zero-order valence-electron chi connectivity index (χ0n) is 12.7. The van der Waals surface area contributed by atoms with Crippen LogP contribution >= 0.6 is 0 Å². The summed E-state index contributed by atoms with van der Waals surface area (Å²) in [5.74, 6) is 0.905. The molecule has 0 bridgehead atoms. The average molecular weight is 269 g/mol. The standard InChI is InChI=1S/C18H23NO/c1-5-14-6-8-15(9-7-14)18(19-3)17-11-10-16(20-4)12-13(17)2/h6-12,18-19H,5H2,1-4H3. The predicted molar refractivity (Wildman–Crippen MR) is 84.5 cm³/mol. The second-order valence-corrected chi connectivity index (χ2v) is 5.04. The van der Waals surface area contributed by atoms with Gasteiger partial charge in [-0.15, -0.1) is 0 Å². The Balaban J connectivity index is 2.35. The third-order valence-electron chi connectivity index (χ3n) is 3.80. The van der Waals surface area contributed by atoms with Crippen LogP contribution in [0.3, 0.4) is 0 Å². The number of aryl methyl sites for hydroxylation is 2. The lowest BCUT2D eigenvalue weighted by molar-refractivity contribution is 0.414. The molecule has 0 spiro atoms. The molecule has 1 unspecified atom stereocenters. The van der Waals surface area contributed by atoms with Crippen LogP contribution in [0.5, 0.6) is 5.75 Å². The molecule has 0 aliphatic rings. The van der Waals surface area contributed by atoms with E-state index < -0.39 is 0 Å². The summed E-state index contributed by atoms with van der Waals surface area (Å²) in [5, 5.41) is 3.41. The van der Waals surface area contributed by atoms with Crippen LogP contribution in [-0.4, -0.2) is 14.2 Å². The maximum absolute atomic E-state index is 5.28. The molecule has 2 aromatic rings. The minimum absolute atomic E-state index is 0.215. The van der Waals surface area contributed by atoms with E-state index in [0.717, 1.165) is 12.2 Å². The molecule has 0 heterocycles. The van der Waals surface area contributed by atoms with E-state index in [0.29, 0.717) is 0 Å². The summed E-state index contributed by atoms with van der Waals surface area (Å²) in [7, 11) is 3.70. The van der Waals surface area contributed by atoms with Crippen molar-refractivity contribution in [2.45, 2.75) is 26.3 Å². The molecule has 2 aromatic carbocycles. The molecule has 0 aromatic heterocycles. The lowest BCUT2D eigenvalue weighted by atomic mass is 9.94. The quantitative estimate of drug-likeness (QED) is 0.889. The molecular formula is C18H23NO. The number of rotatable bonds is 5. The number of ether oxygens (including phenoxy) is 1. The highest BCUT2D eigenvalue weighted by molar-refractivity contribution is 5.41. The molecule has 20 heavy (non-hydrogen) atoms. The second-order valence-electron chi connectivity index (χ2n) is 5.04. The number of nitrogens with one attached hydrogen (secondary N) is 1. The number of hydrogen-bond donors (Lipinski definition) is 1. The molecular weight excluding hydrogens is 246 g/mol. The van der Waals surface area contributed by atoms with Gasteiger partial charge in [-0.3, -0.25) is 0 Å². The number of methoxy groups -OCH3 is 1. The van der Waals surface area contributed by atoms with Crippen molar-refractivity contribution in [3.63, 3.8) is 0 Å². The third kappa shape index (κ3) is 3.02. The van der Waals surface area contributed by atoms with Gasteiger partial charge in [0.2, 0.25) is 0 Å². The maximum atomic E-state index is 5.28. The highest BCUT2D eigenvalue weighted by atomic mass is 16.5. The molecule has 0 aliphatic carbocycles. The Morgan fingerprint density at radius 1 is 1.10 bits per heavy atom. The van der Waals surface area contributed by atoms with Crippen LogP contribution in [0, 0.1) is 6.92 Å². The second kappa shape index (κ2) is 6.58. The maximum Gasteiger partial charge on any atom is 0.119 e. The van der Waals surface area contributed by atoms with Gasteiger partial charge in [-0.25, -0.2) is 0 Å². The molecule has 2 nitrogen and oxygen atoms in total. The van der Waals surface area contributed by atoms with E-state index in [1.165, 1.54) is 22.3 Å². The molecule has 0 radical (unpaired) electrons. The van der Waals surface area contributed by atoms with Gasteiger partial charge in [-0.2, -0.15) is 0 Å². The van der Waals surface area contributed by atoms with Gasteiger partial charge in [0.25, 0.3) is 0 Å². The number of benzene rings is 2. The fraction of sp³-hybridized carbons (Fsp3) is 0.333. The normalized spacial score (nSPS) is 12.2. The van der Waals surface area contributed by atoms with Crippen molar-refractivity contribution >= 4 is 0 Å². The van der Waals surface area contributed by atoms with Crippen LogP contribution in [0.1, 0.15) is 35.2 Å². The SMILES string of the molecule is CCc1ccc(C(NC)c2ccc(OC)cc2C)cc1. The fourth-order valence-corrected chi connectivity index (χ4v) is 2.55. The highest BCUT2D eigenvalue weighted by Crippen LogP contribution is 2.27. The molecule has 0 saturated heterocycles. The first-order valence-corrected chi connectivity index (χ1v) is 7.10. The average Bonchev–Trinajstić information content (AvgIpc) is 2.50. The molecule has 0 amide bonds. The minimum atomic E-state index is 0.215. The van der Waals surface area contributed by atoms with E-state index >= 15 is 0 Å². The first-order chi connectivity index (χ1) is 9.69. The summed E-state index contributed by atoms with van der Waals surface area (Å²) in [5.41, 5.74) is 5.19. The van der Waals surface area contributed by atoms with Crippen LogP contribution < -0.4 is 10.1 Å². The van der Waals surface area contributed by atoms with E-state index in [2.05, 4.69) is 55.6 Å². The highest BCUT2D eigenvalue weighted by Gasteiger charge is 2.14. The summed E-state index contributed by atoms with van der Waals surface area (Å²) < 4.78 is 5.28. The topological polar surface area (TPSA) is 21.3 Å². The van der Waals surface area contributed by atoms with E-state index in [4.69, 9.17) is 4.74 Å². The largest absolute Gasteiger partial charge is 0.497 e. The summed E-state index contributed by atoms with van der Waals surface area (Å²) in [4.78, 5) is 0. The molecule has 2 rings (SSSR count). The molecule has 1 atom stereocenters. The van der Waals surface area contributed by atoms with Crippen molar-refractivity contribution in [3.8, 4) is 5.75 Å². The summed E-state index contributed by atoms with van der Waals surface area (Å²) >= 11 is 0. The molecule has 0 fully saturated rings. The van der Waals surface area contributed by atoms with Crippen LogP contribution in [0.4, 0.5) is 0 Å². The zero-order valence-corrected chi connectivity index (χ0v) is 12.7. The van der Waals surface area contributed by atoms with Gasteiger partial charge >= 0.3 is 0 Å². The molecule has 0 aliphatic heterocycles. The van der Waals surface area contributed by atoms with Gasteiger partial charge < -0.3 is 10.1 Å². The third-order valence-corrected chi connectivity index (χ3v) is 3.80. The van der Waals surface area contributed by atoms with Crippen LogP contribution in [0.2, 0.25) is 0 Å². The van der Waals surface area contributed by atoms with Gasteiger partial charge in [-0.05, 0) is 54.8 Å². The van der Waals surface area contributed by atoms with E-state index in [9.17, 15) is 0 Å². The first-order valence-electron chi connectivity index (χ1n) is 7.10. The van der Waals surface area contributed by atoms with Crippen LogP contribution in [0.15, 0.2) is 42.5 Å². The van der Waals surface area contributed by atoms with E-state index in [1.54, 1.807) is 7.11 Å². The van der Waals surface area contributed by atoms with Gasteiger partial charge in [-0.1, -0.05) is 37.3 Å². The van der Waals surface area contributed by atoms with Gasteiger partial charge in [0.15, 0.2) is 0 Å². The van der Waals surface area contributed by atoms with Crippen molar-refractivity contribution in [3.05, 3.63) is 64.7 Å². The monoisotopic (exact) mass is 269 g/mol. The Morgan fingerprint density at radius 2 is 1.80 bits per heavy atom. The predicted octanol–water partition coefficient (Wildman–Crippen LogP) is 3.87. The summed E-state index contributed by atoms with van der Waals surface area (Å²) in [6, 6.07) is 15.3. The molecule has 1 N–H and O–H groups in total. The Kier molecular flexibility index (Phi) is 4.80. The van der Waals surface area contributed by atoms with Gasteiger partial charge in [0, 0.05) is 0 Å². The van der Waals surface area contributed by atoms with Crippen LogP contribution in [0.25, 0.3) is 0 Å². The van der Waals surface area contributed by atoms with Crippen molar-refractivity contribution in [1.29, 1.82) is 0 Å². The van der Waals surface area contributed by atoms with Gasteiger partial charge in [0.1, 0.15) is 5.75 Å². The van der Waals surface area contributed by atoms with E-state index in [-0.39, 0.29) is 6.04 Å². The Hall–Kier alpha value is -1.80. The Morgan fingerprint density at radius 3 is 2.30 bits per heavy atom. The lowest BCUT2D eigenvalue weighted by Gasteiger charge is -2.20. The Bertz CT molecular complexity index is 560. The first kappa shape index (κ1) is 14.6. The van der Waals surface area contributed by atoms with Crippen molar-refractivity contribution in [2.75, 3.05) is 14.2 Å². The molecule has 106 valence electrons. The fourth-order valence-electron chi connectivity index (χ4n) is 2.55. The lowest BCUT2D eigenvalue weighted by Crippen LogP contribution is -2.18. The smallest absolute Gasteiger partial charge is 0.119 e. The number of hydrogen-bond acceptors (Lipinski definition) is 2. The molecule has 2 heteroatoms. The van der Waals surface area contributed by atoms with Gasteiger partial charge in [0.05, 0.1) is 13.2 Å². The van der Waals surface area contributed by atoms with Crippen molar-refractivity contribution < 1.29 is 4.74 Å². The van der Waals surface area contributed by atoms with E-state index in [1.807, 2.05) is 13.1 Å². The summed E-state index contributed by atoms with van der Waals surface area (Å²) in [6.45, 7) is 4.31. The van der Waals surface area contributed by atoms with Crippen LogP contribution in [-0.2, 0) is 6.42 Å².